The zero-order valence-electron chi connectivity index (χ0n) is 9.59. The maximum atomic E-state index is 12.5. The van der Waals surface area contributed by atoms with E-state index >= 15 is 0 Å². The monoisotopic (exact) mass is 244 g/mol. The molecule has 0 amide bonds. The number of alkyl halides is 3. The van der Waals surface area contributed by atoms with E-state index in [0.717, 1.165) is 25.6 Å². The molecular weight excluding hydrogens is 229 g/mol. The van der Waals surface area contributed by atoms with Gasteiger partial charge in [-0.1, -0.05) is 6.92 Å². The molecule has 0 bridgehead atoms. The Kier molecular flexibility index (Phi) is 3.38. The van der Waals surface area contributed by atoms with Crippen molar-refractivity contribution in [2.24, 2.45) is 5.92 Å². The first-order chi connectivity index (χ1) is 7.97. The first-order valence-corrected chi connectivity index (χ1v) is 5.72. The molecule has 0 aliphatic carbocycles. The number of hydrogen-bond acceptors (Lipinski definition) is 2. The number of piperidine rings is 1. The fraction of sp³-hybridized carbons (Fsp3) is 0.583. The largest absolute Gasteiger partial charge is 0.417 e. The van der Waals surface area contributed by atoms with Gasteiger partial charge in [-0.15, -0.1) is 0 Å². The van der Waals surface area contributed by atoms with Crippen molar-refractivity contribution in [1.29, 1.82) is 0 Å². The molecule has 0 radical (unpaired) electrons. The van der Waals surface area contributed by atoms with Crippen LogP contribution in [-0.2, 0) is 6.18 Å². The van der Waals surface area contributed by atoms with Gasteiger partial charge >= 0.3 is 6.18 Å². The van der Waals surface area contributed by atoms with Crippen LogP contribution in [-0.4, -0.2) is 11.5 Å². The predicted octanol–water partition coefficient (Wildman–Crippen LogP) is 3.16. The van der Waals surface area contributed by atoms with E-state index in [1.807, 2.05) is 0 Å². The number of nitrogens with zero attached hydrogens (tertiary/aromatic N) is 1. The molecule has 0 saturated carbocycles. The number of pyridine rings is 1. The summed E-state index contributed by atoms with van der Waals surface area (Å²) in [5, 5.41) is 3.26. The van der Waals surface area contributed by atoms with Gasteiger partial charge in [0.2, 0.25) is 0 Å². The summed E-state index contributed by atoms with van der Waals surface area (Å²) in [5.74, 6) is 0.588. The molecule has 17 heavy (non-hydrogen) atoms. The van der Waals surface area contributed by atoms with Crippen LogP contribution >= 0.6 is 0 Å². The highest BCUT2D eigenvalue weighted by Crippen LogP contribution is 2.32. The quantitative estimate of drug-likeness (QED) is 0.820. The summed E-state index contributed by atoms with van der Waals surface area (Å²) in [7, 11) is 0. The van der Waals surface area contributed by atoms with E-state index in [-0.39, 0.29) is 6.04 Å². The summed E-state index contributed by atoms with van der Waals surface area (Å²) in [6.45, 7) is 2.98. The Morgan fingerprint density at radius 2 is 2.06 bits per heavy atom. The standard InChI is InChI=1S/C12H15F3N2/c1-8-2-3-11(17-5-8)9-4-10(7-16-6-9)12(13,14)15/h4,6-8,11,17H,2-3,5H2,1H3/t8-,11+/m0/s1. The molecule has 1 saturated heterocycles. The summed E-state index contributed by atoms with van der Waals surface area (Å²) in [6, 6.07) is 1.20. The third-order valence-corrected chi connectivity index (χ3v) is 3.15. The third-order valence-electron chi connectivity index (χ3n) is 3.15. The molecule has 0 aromatic carbocycles. The molecule has 0 spiro atoms. The molecule has 1 aliphatic heterocycles. The van der Waals surface area contributed by atoms with Gasteiger partial charge in [0, 0.05) is 18.4 Å². The lowest BCUT2D eigenvalue weighted by Crippen LogP contribution is -2.32. The van der Waals surface area contributed by atoms with E-state index in [0.29, 0.717) is 11.5 Å². The van der Waals surface area contributed by atoms with Gasteiger partial charge in [-0.2, -0.15) is 13.2 Å². The Bertz CT molecular complexity index is 382. The van der Waals surface area contributed by atoms with E-state index in [2.05, 4.69) is 17.2 Å². The van der Waals surface area contributed by atoms with Crippen molar-refractivity contribution in [3.63, 3.8) is 0 Å². The number of hydrogen-bond donors (Lipinski definition) is 1. The van der Waals surface area contributed by atoms with Crippen LogP contribution in [0.5, 0.6) is 0 Å². The first kappa shape index (κ1) is 12.4. The molecular formula is C12H15F3N2. The van der Waals surface area contributed by atoms with Crippen molar-refractivity contribution in [3.05, 3.63) is 29.6 Å². The molecule has 2 rings (SSSR count). The molecule has 1 aliphatic rings. The molecule has 0 unspecified atom stereocenters. The third kappa shape index (κ3) is 2.97. The highest BCUT2D eigenvalue weighted by Gasteiger charge is 2.32. The molecule has 2 nitrogen and oxygen atoms in total. The highest BCUT2D eigenvalue weighted by molar-refractivity contribution is 5.23. The fourth-order valence-corrected chi connectivity index (χ4v) is 2.09. The molecule has 1 N–H and O–H groups in total. The maximum absolute atomic E-state index is 12.5. The molecule has 1 aromatic rings. The molecule has 94 valence electrons. The van der Waals surface area contributed by atoms with E-state index in [1.54, 1.807) is 0 Å². The Balaban J connectivity index is 2.16. The summed E-state index contributed by atoms with van der Waals surface area (Å²) in [4.78, 5) is 3.69. The number of halogens is 3. The van der Waals surface area contributed by atoms with Crippen molar-refractivity contribution >= 4 is 0 Å². The Labute approximate surface area is 98.2 Å². The lowest BCUT2D eigenvalue weighted by atomic mass is 9.92. The van der Waals surface area contributed by atoms with Crippen molar-refractivity contribution in [3.8, 4) is 0 Å². The normalized spacial score (nSPS) is 25.9. The summed E-state index contributed by atoms with van der Waals surface area (Å²) < 4.78 is 37.6. The van der Waals surface area contributed by atoms with Crippen LogP contribution in [0.2, 0.25) is 0 Å². The lowest BCUT2D eigenvalue weighted by molar-refractivity contribution is -0.137. The van der Waals surface area contributed by atoms with Crippen LogP contribution in [0.25, 0.3) is 0 Å². The van der Waals surface area contributed by atoms with Gasteiger partial charge in [0.15, 0.2) is 0 Å². The molecule has 1 aromatic heterocycles. The number of aromatic nitrogens is 1. The minimum Gasteiger partial charge on any atom is -0.310 e. The van der Waals surface area contributed by atoms with E-state index in [9.17, 15) is 13.2 Å². The lowest BCUT2D eigenvalue weighted by Gasteiger charge is -2.28. The van der Waals surface area contributed by atoms with Crippen molar-refractivity contribution in [1.82, 2.24) is 10.3 Å². The minimum absolute atomic E-state index is 0.000926. The van der Waals surface area contributed by atoms with E-state index in [1.165, 1.54) is 12.3 Å². The van der Waals surface area contributed by atoms with Crippen molar-refractivity contribution in [2.45, 2.75) is 32.0 Å². The SMILES string of the molecule is C[C@H]1CC[C@H](c2cncc(C(F)(F)F)c2)NC1. The first-order valence-electron chi connectivity index (χ1n) is 5.72. The second-order valence-electron chi connectivity index (χ2n) is 4.65. The topological polar surface area (TPSA) is 24.9 Å². The summed E-state index contributed by atoms with van der Waals surface area (Å²) in [5.41, 5.74) is -0.0397. The second kappa shape index (κ2) is 4.64. The molecule has 5 heteroatoms. The van der Waals surface area contributed by atoms with Gasteiger partial charge in [-0.05, 0) is 36.9 Å². The molecule has 2 heterocycles. The van der Waals surface area contributed by atoms with Crippen LogP contribution in [0.4, 0.5) is 13.2 Å². The van der Waals surface area contributed by atoms with Crippen LogP contribution in [0.15, 0.2) is 18.5 Å². The Morgan fingerprint density at radius 1 is 1.29 bits per heavy atom. The average molecular weight is 244 g/mol. The van der Waals surface area contributed by atoms with Gasteiger partial charge in [0.1, 0.15) is 0 Å². The van der Waals surface area contributed by atoms with Crippen molar-refractivity contribution < 1.29 is 13.2 Å². The second-order valence-corrected chi connectivity index (χ2v) is 4.65. The fourth-order valence-electron chi connectivity index (χ4n) is 2.09. The summed E-state index contributed by atoms with van der Waals surface area (Å²) in [6.07, 6.45) is -0.0269. The Hall–Kier alpha value is -1.10. The van der Waals surface area contributed by atoms with Gasteiger partial charge in [0.25, 0.3) is 0 Å². The van der Waals surface area contributed by atoms with Crippen LogP contribution in [0.3, 0.4) is 0 Å². The minimum atomic E-state index is -4.31. The summed E-state index contributed by atoms with van der Waals surface area (Å²) >= 11 is 0. The predicted molar refractivity (Wildman–Crippen MR) is 58.4 cm³/mol. The number of rotatable bonds is 1. The van der Waals surface area contributed by atoms with Crippen LogP contribution in [0.1, 0.15) is 36.9 Å². The smallest absolute Gasteiger partial charge is 0.310 e. The number of nitrogens with one attached hydrogen (secondary N) is 1. The Morgan fingerprint density at radius 3 is 2.65 bits per heavy atom. The van der Waals surface area contributed by atoms with Gasteiger partial charge in [-0.25, -0.2) is 0 Å². The van der Waals surface area contributed by atoms with Crippen LogP contribution in [0, 0.1) is 5.92 Å². The molecule has 1 fully saturated rings. The van der Waals surface area contributed by atoms with Gasteiger partial charge in [0.05, 0.1) is 5.56 Å². The van der Waals surface area contributed by atoms with Gasteiger partial charge < -0.3 is 5.32 Å². The highest BCUT2D eigenvalue weighted by atomic mass is 19.4. The van der Waals surface area contributed by atoms with Crippen LogP contribution < -0.4 is 5.32 Å². The zero-order chi connectivity index (χ0) is 12.5. The van der Waals surface area contributed by atoms with Gasteiger partial charge in [-0.3, -0.25) is 4.98 Å². The maximum Gasteiger partial charge on any atom is 0.417 e. The molecule has 2 atom stereocenters. The van der Waals surface area contributed by atoms with E-state index in [4.69, 9.17) is 0 Å². The zero-order valence-corrected chi connectivity index (χ0v) is 9.59. The van der Waals surface area contributed by atoms with Crippen molar-refractivity contribution in [2.75, 3.05) is 6.54 Å². The average Bonchev–Trinajstić information content (AvgIpc) is 2.29. The van der Waals surface area contributed by atoms with E-state index < -0.39 is 11.7 Å².